The first-order valence-electron chi connectivity index (χ1n) is 11.5. The van der Waals surface area contributed by atoms with Crippen LogP contribution in [-0.4, -0.2) is 26.8 Å². The second-order valence-corrected chi connectivity index (χ2v) is 10.4. The van der Waals surface area contributed by atoms with Crippen molar-refractivity contribution in [3.05, 3.63) is 35.2 Å². The number of Topliss-reactive ketones (excluding diaryl/α,β-unsaturated/α-hetero) is 1. The number of allylic oxidation sites excluding steroid dienone is 2. The molecule has 1 heterocycles. The summed E-state index contributed by atoms with van der Waals surface area (Å²) in [4.78, 5) is 13.5. The summed E-state index contributed by atoms with van der Waals surface area (Å²) in [6.07, 6.45) is 13.2. The molecule has 0 spiro atoms. The highest BCUT2D eigenvalue weighted by molar-refractivity contribution is 6.05. The van der Waals surface area contributed by atoms with E-state index in [0.717, 1.165) is 62.8 Å². The van der Waals surface area contributed by atoms with E-state index < -0.39 is 0 Å². The Balaban J connectivity index is 1.48. The molecule has 0 radical (unpaired) electrons. The van der Waals surface area contributed by atoms with Crippen LogP contribution in [0.5, 0.6) is 0 Å². The van der Waals surface area contributed by atoms with E-state index in [1.165, 1.54) is 5.57 Å². The molecule has 6 atom stereocenters. The van der Waals surface area contributed by atoms with Gasteiger partial charge in [0.2, 0.25) is 0 Å². The average Bonchev–Trinajstić information content (AvgIpc) is 3.25. The van der Waals surface area contributed by atoms with Gasteiger partial charge in [0, 0.05) is 18.2 Å². The molecule has 0 bridgehead atoms. The fourth-order valence-electron chi connectivity index (χ4n) is 7.35. The van der Waals surface area contributed by atoms with Crippen LogP contribution in [0.2, 0.25) is 0 Å². The number of aliphatic hydroxyl groups is 1. The number of aryl methyl sites for hydroxylation is 1. The number of rotatable bonds is 2. The number of hydrogen-bond acceptors (Lipinski definition) is 3. The molecule has 3 saturated carbocycles. The highest BCUT2D eigenvalue weighted by Gasteiger charge is 2.59. The standard InChI is InChI=1S/C25H34N2O2/c1-4-27-18(9-12-26-27)13-16-14-22-20-6-5-17-15-19(28)7-10-24(17,2)21(20)8-11-25(22,3)23(16)29/h5,9,12-13,19-22,28H,4,6-8,10-11,14-15H2,1-3H3/b16-13-/t19-,20+,21-,22-,24-,25-/m0/s1. The van der Waals surface area contributed by atoms with E-state index >= 15 is 0 Å². The van der Waals surface area contributed by atoms with E-state index in [2.05, 4.69) is 38.0 Å². The summed E-state index contributed by atoms with van der Waals surface area (Å²) in [7, 11) is 0. The van der Waals surface area contributed by atoms with Crippen LogP contribution in [-0.2, 0) is 11.3 Å². The molecule has 0 aliphatic heterocycles. The number of hydrogen-bond donors (Lipinski definition) is 1. The summed E-state index contributed by atoms with van der Waals surface area (Å²) < 4.78 is 1.97. The number of aliphatic hydroxyl groups excluding tert-OH is 1. The van der Waals surface area contributed by atoms with Gasteiger partial charge in [0.25, 0.3) is 0 Å². The third-order valence-corrected chi connectivity index (χ3v) is 9.09. The van der Waals surface area contributed by atoms with Crippen molar-refractivity contribution in [3.63, 3.8) is 0 Å². The maximum Gasteiger partial charge on any atom is 0.165 e. The monoisotopic (exact) mass is 394 g/mol. The van der Waals surface area contributed by atoms with Crippen molar-refractivity contribution < 1.29 is 9.90 Å². The van der Waals surface area contributed by atoms with Gasteiger partial charge in [0.1, 0.15) is 0 Å². The minimum absolute atomic E-state index is 0.161. The summed E-state index contributed by atoms with van der Waals surface area (Å²) in [6.45, 7) is 7.59. The van der Waals surface area contributed by atoms with Gasteiger partial charge in [-0.1, -0.05) is 25.5 Å². The van der Waals surface area contributed by atoms with E-state index in [9.17, 15) is 9.90 Å². The zero-order valence-corrected chi connectivity index (χ0v) is 18.0. The molecule has 29 heavy (non-hydrogen) atoms. The van der Waals surface area contributed by atoms with E-state index in [-0.39, 0.29) is 16.9 Å². The van der Waals surface area contributed by atoms with Crippen molar-refractivity contribution in [2.24, 2.45) is 28.6 Å². The molecule has 0 amide bonds. The fraction of sp³-hybridized carbons (Fsp3) is 0.680. The van der Waals surface area contributed by atoms with Gasteiger partial charge in [-0.3, -0.25) is 9.48 Å². The van der Waals surface area contributed by atoms with Crippen LogP contribution in [0.1, 0.15) is 71.4 Å². The van der Waals surface area contributed by atoms with Gasteiger partial charge in [-0.25, -0.2) is 0 Å². The molecule has 0 aromatic carbocycles. The van der Waals surface area contributed by atoms with E-state index in [0.29, 0.717) is 23.5 Å². The fourth-order valence-corrected chi connectivity index (χ4v) is 7.35. The van der Waals surface area contributed by atoms with E-state index in [4.69, 9.17) is 0 Å². The number of carbonyl (C=O) groups is 1. The molecule has 4 nitrogen and oxygen atoms in total. The zero-order chi connectivity index (χ0) is 20.4. The number of carbonyl (C=O) groups excluding carboxylic acids is 1. The Kier molecular flexibility index (Phi) is 4.43. The first-order valence-corrected chi connectivity index (χ1v) is 11.5. The van der Waals surface area contributed by atoms with Crippen LogP contribution in [0.25, 0.3) is 6.08 Å². The maximum absolute atomic E-state index is 13.5. The molecule has 3 fully saturated rings. The second kappa shape index (κ2) is 6.66. The van der Waals surface area contributed by atoms with Crippen molar-refractivity contribution in [1.82, 2.24) is 9.78 Å². The molecule has 156 valence electrons. The van der Waals surface area contributed by atoms with Crippen molar-refractivity contribution >= 4 is 11.9 Å². The van der Waals surface area contributed by atoms with Gasteiger partial charge in [0.05, 0.1) is 11.8 Å². The lowest BCUT2D eigenvalue weighted by Crippen LogP contribution is -2.50. The predicted molar refractivity (Wildman–Crippen MR) is 114 cm³/mol. The lowest BCUT2D eigenvalue weighted by molar-refractivity contribution is -0.130. The molecule has 1 N–H and O–H groups in total. The highest BCUT2D eigenvalue weighted by Crippen LogP contribution is 2.64. The van der Waals surface area contributed by atoms with Crippen LogP contribution in [0.4, 0.5) is 0 Å². The summed E-state index contributed by atoms with van der Waals surface area (Å²) in [6, 6.07) is 2.01. The second-order valence-electron chi connectivity index (χ2n) is 10.4. The van der Waals surface area contributed by atoms with Crippen molar-refractivity contribution in [1.29, 1.82) is 0 Å². The molecule has 1 aromatic rings. The number of nitrogens with zero attached hydrogens (tertiary/aromatic N) is 2. The van der Waals surface area contributed by atoms with Crippen molar-refractivity contribution in [2.45, 2.75) is 78.4 Å². The van der Waals surface area contributed by atoms with Crippen molar-refractivity contribution in [3.8, 4) is 0 Å². The first kappa shape index (κ1) is 19.3. The molecule has 4 heteroatoms. The Morgan fingerprint density at radius 3 is 2.79 bits per heavy atom. The Labute approximate surface area is 174 Å². The largest absolute Gasteiger partial charge is 0.393 e. The summed E-state index contributed by atoms with van der Waals surface area (Å²) in [5, 5.41) is 14.6. The van der Waals surface area contributed by atoms with E-state index in [1.54, 1.807) is 0 Å². The predicted octanol–water partition coefficient (Wildman–Crippen LogP) is 4.79. The SMILES string of the molecule is CCn1nccc1/C=C1/C[C@H]2[C@@H]3CC=C4C[C@@H](O)CC[C@]4(C)[C@H]3CC[C@]2(C)C1=O. The number of ketones is 1. The highest BCUT2D eigenvalue weighted by atomic mass is 16.3. The molecular formula is C25H34N2O2. The third kappa shape index (κ3) is 2.74. The first-order chi connectivity index (χ1) is 13.9. The average molecular weight is 395 g/mol. The van der Waals surface area contributed by atoms with Crippen LogP contribution >= 0.6 is 0 Å². The Bertz CT molecular complexity index is 896. The van der Waals surface area contributed by atoms with Gasteiger partial charge in [-0.2, -0.15) is 5.10 Å². The topological polar surface area (TPSA) is 55.1 Å². The van der Waals surface area contributed by atoms with Crippen molar-refractivity contribution in [2.75, 3.05) is 0 Å². The summed E-state index contributed by atoms with van der Waals surface area (Å²) >= 11 is 0. The van der Waals surface area contributed by atoms with E-state index in [1.807, 2.05) is 16.9 Å². The van der Waals surface area contributed by atoms with Gasteiger partial charge in [-0.05, 0) is 92.8 Å². The molecule has 4 aliphatic rings. The molecule has 1 aromatic heterocycles. The Hall–Kier alpha value is -1.68. The lowest BCUT2D eigenvalue weighted by atomic mass is 9.48. The molecule has 4 aliphatic carbocycles. The summed E-state index contributed by atoms with van der Waals surface area (Å²) in [5.41, 5.74) is 3.56. The van der Waals surface area contributed by atoms with Gasteiger partial charge >= 0.3 is 0 Å². The van der Waals surface area contributed by atoms with Gasteiger partial charge in [0.15, 0.2) is 5.78 Å². The van der Waals surface area contributed by atoms with Gasteiger partial charge < -0.3 is 5.11 Å². The Morgan fingerprint density at radius 2 is 2.00 bits per heavy atom. The number of fused-ring (bicyclic) bond motifs is 5. The molecule has 0 saturated heterocycles. The normalized spacial score (nSPS) is 43.0. The zero-order valence-electron chi connectivity index (χ0n) is 18.0. The van der Waals surface area contributed by atoms with Crippen LogP contribution < -0.4 is 0 Å². The molecular weight excluding hydrogens is 360 g/mol. The molecule has 5 rings (SSSR count). The number of aromatic nitrogens is 2. The van der Waals surface area contributed by atoms with Crippen LogP contribution in [0.15, 0.2) is 29.5 Å². The van der Waals surface area contributed by atoms with Crippen LogP contribution in [0, 0.1) is 28.6 Å². The maximum atomic E-state index is 13.5. The lowest BCUT2D eigenvalue weighted by Gasteiger charge is -2.56. The summed E-state index contributed by atoms with van der Waals surface area (Å²) in [5.74, 6) is 2.06. The minimum Gasteiger partial charge on any atom is -0.393 e. The van der Waals surface area contributed by atoms with Crippen LogP contribution in [0.3, 0.4) is 0 Å². The minimum atomic E-state index is -0.208. The molecule has 0 unspecified atom stereocenters. The Morgan fingerprint density at radius 1 is 1.21 bits per heavy atom. The third-order valence-electron chi connectivity index (χ3n) is 9.09. The quantitative estimate of drug-likeness (QED) is 0.580. The van der Waals surface area contributed by atoms with Gasteiger partial charge in [-0.15, -0.1) is 0 Å². The smallest absolute Gasteiger partial charge is 0.165 e.